The van der Waals surface area contributed by atoms with Gasteiger partial charge in [0.1, 0.15) is 17.4 Å². The van der Waals surface area contributed by atoms with Crippen molar-refractivity contribution in [2.24, 2.45) is 4.99 Å². The van der Waals surface area contributed by atoms with Gasteiger partial charge in [-0.3, -0.25) is 4.79 Å². The van der Waals surface area contributed by atoms with E-state index in [0.29, 0.717) is 11.3 Å². The van der Waals surface area contributed by atoms with Crippen molar-refractivity contribution in [3.05, 3.63) is 54.1 Å². The number of carbonyl (C=O) groups excluding carboxylic acids is 1. The highest BCUT2D eigenvalue weighted by Gasteiger charge is 2.26. The second kappa shape index (κ2) is 5.65. The van der Waals surface area contributed by atoms with Crippen molar-refractivity contribution in [1.82, 2.24) is 15.3 Å². The average molecular weight is 324 g/mol. The number of hydrogen-bond acceptors (Lipinski definition) is 6. The van der Waals surface area contributed by atoms with Crippen molar-refractivity contribution in [2.75, 3.05) is 0 Å². The van der Waals surface area contributed by atoms with Crippen LogP contribution in [-0.2, 0) is 4.79 Å². The highest BCUT2D eigenvalue weighted by molar-refractivity contribution is 5.96. The van der Waals surface area contributed by atoms with Gasteiger partial charge in [-0.05, 0) is 18.2 Å². The molecule has 0 saturated heterocycles. The molecule has 3 aromatic rings. The smallest absolute Gasteiger partial charge is 0.296 e. The fraction of sp³-hybridized carbons (Fsp3) is 0.0625. The molecule has 0 N–H and O–H groups in total. The van der Waals surface area contributed by atoms with Crippen LogP contribution in [0.4, 0.5) is 4.39 Å². The molecule has 0 radical (unpaired) electrons. The highest BCUT2D eigenvalue weighted by Crippen LogP contribution is 2.28. The molecule has 2 aromatic heterocycles. The number of rotatable bonds is 3. The lowest BCUT2D eigenvalue weighted by Crippen LogP contribution is -2.12. The van der Waals surface area contributed by atoms with Crippen LogP contribution in [0.5, 0.6) is 0 Å². The Bertz CT molecular complexity index is 973. The van der Waals surface area contributed by atoms with Gasteiger partial charge in [0.2, 0.25) is 5.76 Å². The molecule has 1 atom stereocenters. The van der Waals surface area contributed by atoms with E-state index in [9.17, 15) is 9.18 Å². The first-order valence-corrected chi connectivity index (χ1v) is 7.02. The Morgan fingerprint density at radius 3 is 2.83 bits per heavy atom. The summed E-state index contributed by atoms with van der Waals surface area (Å²) in [5.41, 5.74) is 0.605. The van der Waals surface area contributed by atoms with E-state index in [2.05, 4.69) is 20.3 Å². The topological polar surface area (TPSA) is 94.4 Å². The van der Waals surface area contributed by atoms with Crippen molar-refractivity contribution in [3.63, 3.8) is 0 Å². The molecule has 1 amide bonds. The fourth-order valence-electron chi connectivity index (χ4n) is 2.27. The molecule has 24 heavy (non-hydrogen) atoms. The van der Waals surface area contributed by atoms with Crippen LogP contribution in [-0.4, -0.2) is 27.4 Å². The minimum absolute atomic E-state index is 0.0517. The summed E-state index contributed by atoms with van der Waals surface area (Å²) < 4.78 is 24.0. The Kier molecular flexibility index (Phi) is 3.34. The summed E-state index contributed by atoms with van der Waals surface area (Å²) in [6.07, 6.45) is 4.65. The summed E-state index contributed by atoms with van der Waals surface area (Å²) in [6.45, 7) is 0. The van der Waals surface area contributed by atoms with Crippen LogP contribution in [0.3, 0.4) is 0 Å². The van der Waals surface area contributed by atoms with Gasteiger partial charge < -0.3 is 9.05 Å². The zero-order valence-electron chi connectivity index (χ0n) is 12.1. The first-order chi connectivity index (χ1) is 11.7. The molecule has 7 nitrogen and oxygen atoms in total. The van der Waals surface area contributed by atoms with E-state index in [1.807, 2.05) is 0 Å². The molecule has 0 spiro atoms. The minimum atomic E-state index is -0.693. The highest BCUT2D eigenvalue weighted by atomic mass is 19.1. The molecule has 8 heteroatoms. The first kappa shape index (κ1) is 14.2. The van der Waals surface area contributed by atoms with E-state index in [-0.39, 0.29) is 23.4 Å². The molecule has 3 heterocycles. The molecule has 0 fully saturated rings. The van der Waals surface area contributed by atoms with Crippen molar-refractivity contribution in [1.29, 1.82) is 0 Å². The predicted octanol–water partition coefficient (Wildman–Crippen LogP) is 2.78. The van der Waals surface area contributed by atoms with Gasteiger partial charge >= 0.3 is 0 Å². The average Bonchev–Trinajstić information content (AvgIpc) is 3.25. The van der Waals surface area contributed by atoms with Gasteiger partial charge in [0, 0.05) is 17.8 Å². The largest absolute Gasteiger partial charge is 0.350 e. The molecule has 1 aliphatic rings. The number of benzene rings is 1. The molecule has 1 aromatic carbocycles. The summed E-state index contributed by atoms with van der Waals surface area (Å²) in [5.74, 6) is -1.08. The standard InChI is InChI=1S/C16H9FN4O3/c17-11-6-2-1-4-9(11)12-8-13(23-20-12)16-19-14(21-24-16)10-5-3-7-18-15(10)22/h1-8,10H. The van der Waals surface area contributed by atoms with Gasteiger partial charge in [-0.2, -0.15) is 4.98 Å². The van der Waals surface area contributed by atoms with Crippen LogP contribution in [0.25, 0.3) is 22.9 Å². The number of allylic oxidation sites excluding steroid dienone is 1. The zero-order valence-corrected chi connectivity index (χ0v) is 12.1. The monoisotopic (exact) mass is 324 g/mol. The maximum absolute atomic E-state index is 13.8. The van der Waals surface area contributed by atoms with Gasteiger partial charge in [-0.1, -0.05) is 28.5 Å². The summed E-state index contributed by atoms with van der Waals surface area (Å²) in [6, 6.07) is 7.68. The number of nitrogens with zero attached hydrogens (tertiary/aromatic N) is 4. The van der Waals surface area contributed by atoms with Gasteiger partial charge in [0.25, 0.3) is 11.8 Å². The van der Waals surface area contributed by atoms with Crippen molar-refractivity contribution in [3.8, 4) is 22.9 Å². The number of aromatic nitrogens is 3. The lowest BCUT2D eigenvalue weighted by molar-refractivity contribution is -0.118. The molecular formula is C16H9FN4O3. The lowest BCUT2D eigenvalue weighted by Gasteiger charge is -2.04. The number of amides is 1. The van der Waals surface area contributed by atoms with Gasteiger partial charge in [0.15, 0.2) is 5.82 Å². The van der Waals surface area contributed by atoms with E-state index in [0.717, 1.165) is 0 Å². The Hall–Kier alpha value is -3.42. The number of hydrogen-bond donors (Lipinski definition) is 0. The fourth-order valence-corrected chi connectivity index (χ4v) is 2.27. The van der Waals surface area contributed by atoms with Gasteiger partial charge in [-0.25, -0.2) is 9.38 Å². The molecule has 1 unspecified atom stereocenters. The molecule has 0 bridgehead atoms. The Balaban J connectivity index is 1.64. The van der Waals surface area contributed by atoms with Crippen LogP contribution >= 0.6 is 0 Å². The van der Waals surface area contributed by atoms with Crippen LogP contribution in [0.2, 0.25) is 0 Å². The summed E-state index contributed by atoms with van der Waals surface area (Å²) in [4.78, 5) is 19.5. The van der Waals surface area contributed by atoms with Crippen LogP contribution < -0.4 is 0 Å². The lowest BCUT2D eigenvalue weighted by atomic mass is 10.1. The van der Waals surface area contributed by atoms with Crippen molar-refractivity contribution >= 4 is 12.1 Å². The van der Waals surface area contributed by atoms with E-state index in [4.69, 9.17) is 9.05 Å². The second-order valence-corrected chi connectivity index (χ2v) is 4.99. The SMILES string of the molecule is O=C1N=CC=CC1c1noc(-c2cc(-c3ccccc3F)no2)n1. The Morgan fingerprint density at radius 2 is 2.00 bits per heavy atom. The number of halogens is 1. The Morgan fingerprint density at radius 1 is 1.12 bits per heavy atom. The molecule has 1 aliphatic heterocycles. The second-order valence-electron chi connectivity index (χ2n) is 4.99. The van der Waals surface area contributed by atoms with E-state index >= 15 is 0 Å². The molecule has 118 valence electrons. The quantitative estimate of drug-likeness (QED) is 0.735. The van der Waals surface area contributed by atoms with Crippen molar-refractivity contribution < 1.29 is 18.2 Å². The third-order valence-electron chi connectivity index (χ3n) is 3.45. The predicted molar refractivity (Wildman–Crippen MR) is 80.6 cm³/mol. The van der Waals surface area contributed by atoms with Crippen LogP contribution in [0.15, 0.2) is 56.5 Å². The van der Waals surface area contributed by atoms with Gasteiger partial charge in [-0.15, -0.1) is 0 Å². The molecular weight excluding hydrogens is 315 g/mol. The van der Waals surface area contributed by atoms with Crippen LogP contribution in [0, 0.1) is 5.82 Å². The van der Waals surface area contributed by atoms with E-state index < -0.39 is 11.7 Å². The maximum Gasteiger partial charge on any atom is 0.296 e. The Labute approximate surface area is 134 Å². The molecule has 0 saturated carbocycles. The first-order valence-electron chi connectivity index (χ1n) is 7.02. The molecule has 0 aliphatic carbocycles. The maximum atomic E-state index is 13.8. The summed E-state index contributed by atoms with van der Waals surface area (Å²) in [7, 11) is 0. The summed E-state index contributed by atoms with van der Waals surface area (Å²) in [5, 5.41) is 7.59. The van der Waals surface area contributed by atoms with Crippen LogP contribution in [0.1, 0.15) is 11.7 Å². The number of carbonyl (C=O) groups is 1. The normalized spacial score (nSPS) is 16.7. The van der Waals surface area contributed by atoms with Gasteiger partial charge in [0.05, 0.1) is 0 Å². The third kappa shape index (κ3) is 2.43. The van der Waals surface area contributed by atoms with Crippen molar-refractivity contribution in [2.45, 2.75) is 5.92 Å². The minimum Gasteiger partial charge on any atom is -0.350 e. The zero-order chi connectivity index (χ0) is 16.5. The third-order valence-corrected chi connectivity index (χ3v) is 3.45. The number of dihydropyridines is 1. The van der Waals surface area contributed by atoms with E-state index in [1.165, 1.54) is 18.3 Å². The number of aliphatic imine (C=N–C) groups is 1. The van der Waals surface area contributed by atoms with E-state index in [1.54, 1.807) is 30.4 Å². The summed E-state index contributed by atoms with van der Waals surface area (Å²) >= 11 is 0. The molecule has 4 rings (SSSR count).